The van der Waals surface area contributed by atoms with Crippen molar-refractivity contribution in [1.29, 1.82) is 0 Å². The molecule has 1 heterocycles. The number of hydrogen-bond donors (Lipinski definition) is 1. The fourth-order valence-electron chi connectivity index (χ4n) is 2.53. The van der Waals surface area contributed by atoms with E-state index < -0.39 is 0 Å². The number of para-hydroxylation sites is 1. The number of rotatable bonds is 7. The third-order valence-electron chi connectivity index (χ3n) is 3.92. The van der Waals surface area contributed by atoms with Crippen LogP contribution in [0.3, 0.4) is 0 Å². The molecule has 0 radical (unpaired) electrons. The van der Waals surface area contributed by atoms with Gasteiger partial charge < -0.3 is 9.84 Å². The number of nitrogens with zero attached hydrogens (tertiary/aromatic N) is 1. The van der Waals surface area contributed by atoms with Gasteiger partial charge in [0.25, 0.3) is 0 Å². The van der Waals surface area contributed by atoms with Crippen molar-refractivity contribution in [3.8, 4) is 0 Å². The minimum absolute atomic E-state index is 0.0392. The molecule has 0 atom stereocenters. The Kier molecular flexibility index (Phi) is 6.28. The van der Waals surface area contributed by atoms with E-state index in [0.717, 1.165) is 41.3 Å². The molecule has 2 rings (SSSR count). The van der Waals surface area contributed by atoms with Crippen LogP contribution < -0.4 is 5.32 Å². The molecule has 1 aromatic carbocycles. The molecule has 0 saturated carbocycles. The van der Waals surface area contributed by atoms with Crippen LogP contribution in [0.2, 0.25) is 0 Å². The molecule has 2 aromatic rings. The molecule has 0 spiro atoms. The summed E-state index contributed by atoms with van der Waals surface area (Å²) in [4.78, 5) is 12.3. The van der Waals surface area contributed by atoms with E-state index in [4.69, 9.17) is 4.52 Å². The Balaban J connectivity index is 1.95. The van der Waals surface area contributed by atoms with Crippen LogP contribution in [-0.4, -0.2) is 16.8 Å². The molecule has 5 heteroatoms. The topological polar surface area (TPSA) is 55.1 Å². The van der Waals surface area contributed by atoms with Crippen LogP contribution in [0.4, 0.5) is 5.69 Å². The van der Waals surface area contributed by atoms with Crippen LogP contribution in [-0.2, 0) is 23.4 Å². The first-order valence-corrected chi connectivity index (χ1v) is 9.12. The number of carbonyl (C=O) groups excluding carboxylic acids is 1. The molecular weight excluding hydrogens is 308 g/mol. The lowest BCUT2D eigenvalue weighted by atomic mass is 10.0. The van der Waals surface area contributed by atoms with E-state index in [-0.39, 0.29) is 5.91 Å². The van der Waals surface area contributed by atoms with Crippen molar-refractivity contribution in [2.45, 2.75) is 46.3 Å². The molecular formula is C18H24N2O2S. The van der Waals surface area contributed by atoms with Crippen LogP contribution in [0.5, 0.6) is 0 Å². The summed E-state index contributed by atoms with van der Waals surface area (Å²) in [6, 6.07) is 6.21. The highest BCUT2D eigenvalue weighted by atomic mass is 32.2. The van der Waals surface area contributed by atoms with Crippen molar-refractivity contribution in [2.24, 2.45) is 0 Å². The predicted octanol–water partition coefficient (Wildman–Crippen LogP) is 4.29. The summed E-state index contributed by atoms with van der Waals surface area (Å²) in [5, 5.41) is 7.03. The fourth-order valence-corrected chi connectivity index (χ4v) is 3.51. The third kappa shape index (κ3) is 4.38. The number of carbonyl (C=O) groups is 1. The van der Waals surface area contributed by atoms with E-state index in [1.54, 1.807) is 11.8 Å². The van der Waals surface area contributed by atoms with E-state index in [0.29, 0.717) is 5.75 Å². The molecule has 0 saturated heterocycles. The van der Waals surface area contributed by atoms with E-state index in [2.05, 4.69) is 42.5 Å². The molecule has 1 aromatic heterocycles. The largest absolute Gasteiger partial charge is 0.361 e. The van der Waals surface area contributed by atoms with Crippen LogP contribution in [0.15, 0.2) is 22.7 Å². The Hall–Kier alpha value is -1.75. The Morgan fingerprint density at radius 1 is 1.22 bits per heavy atom. The van der Waals surface area contributed by atoms with Gasteiger partial charge in [-0.15, -0.1) is 11.8 Å². The van der Waals surface area contributed by atoms with Gasteiger partial charge in [-0.25, -0.2) is 0 Å². The van der Waals surface area contributed by atoms with Gasteiger partial charge in [-0.05, 0) is 37.8 Å². The van der Waals surface area contributed by atoms with Gasteiger partial charge in [0.2, 0.25) is 5.91 Å². The highest BCUT2D eigenvalue weighted by molar-refractivity contribution is 7.99. The minimum atomic E-state index is 0.0392. The Bertz CT molecular complexity index is 638. The second-order valence-corrected chi connectivity index (χ2v) is 6.49. The van der Waals surface area contributed by atoms with Gasteiger partial charge in [0.15, 0.2) is 0 Å². The van der Waals surface area contributed by atoms with Crippen LogP contribution in [0.25, 0.3) is 0 Å². The zero-order chi connectivity index (χ0) is 16.8. The monoisotopic (exact) mass is 332 g/mol. The number of aryl methyl sites for hydroxylation is 4. The maximum Gasteiger partial charge on any atom is 0.234 e. The zero-order valence-corrected chi connectivity index (χ0v) is 15.0. The van der Waals surface area contributed by atoms with E-state index >= 15 is 0 Å². The Morgan fingerprint density at radius 3 is 2.39 bits per heavy atom. The average Bonchev–Trinajstić information content (AvgIpc) is 2.87. The number of anilines is 1. The lowest BCUT2D eigenvalue weighted by Crippen LogP contribution is -2.17. The quantitative estimate of drug-likeness (QED) is 0.822. The molecule has 0 aliphatic heterocycles. The summed E-state index contributed by atoms with van der Waals surface area (Å²) in [5.74, 6) is 2.04. The number of amides is 1. The number of thioether (sulfide) groups is 1. The first kappa shape index (κ1) is 17.6. The highest BCUT2D eigenvalue weighted by Crippen LogP contribution is 2.24. The molecule has 0 fully saturated rings. The smallest absolute Gasteiger partial charge is 0.234 e. The molecule has 1 N–H and O–H groups in total. The van der Waals surface area contributed by atoms with Gasteiger partial charge in [0, 0.05) is 17.0 Å². The Morgan fingerprint density at radius 2 is 1.87 bits per heavy atom. The average molecular weight is 332 g/mol. The van der Waals surface area contributed by atoms with E-state index in [1.807, 2.05) is 13.8 Å². The number of hydrogen-bond acceptors (Lipinski definition) is 4. The van der Waals surface area contributed by atoms with Gasteiger partial charge in [0.1, 0.15) is 5.76 Å². The van der Waals surface area contributed by atoms with Crippen LogP contribution >= 0.6 is 11.8 Å². The van der Waals surface area contributed by atoms with Crippen LogP contribution in [0, 0.1) is 13.8 Å². The van der Waals surface area contributed by atoms with Crippen LogP contribution in [0.1, 0.15) is 42.0 Å². The molecule has 23 heavy (non-hydrogen) atoms. The lowest BCUT2D eigenvalue weighted by molar-refractivity contribution is -0.113. The number of benzene rings is 1. The molecule has 124 valence electrons. The van der Waals surface area contributed by atoms with E-state index in [1.165, 1.54) is 11.1 Å². The summed E-state index contributed by atoms with van der Waals surface area (Å²) >= 11 is 1.58. The summed E-state index contributed by atoms with van der Waals surface area (Å²) in [7, 11) is 0. The first-order valence-electron chi connectivity index (χ1n) is 7.96. The maximum absolute atomic E-state index is 12.3. The normalized spacial score (nSPS) is 10.8. The molecule has 0 aliphatic rings. The van der Waals surface area contributed by atoms with Crippen molar-refractivity contribution in [1.82, 2.24) is 5.16 Å². The second-order valence-electron chi connectivity index (χ2n) is 5.50. The second kappa shape index (κ2) is 8.20. The first-order chi connectivity index (χ1) is 11.1. The standard InChI is InChI=1S/C18H24N2O2S/c1-5-14-8-7-9-15(6-2)18(14)19-17(21)11-23-10-16-12(3)20-22-13(16)4/h7-9H,5-6,10-11H2,1-4H3,(H,19,21). The summed E-state index contributed by atoms with van der Waals surface area (Å²) in [6.07, 6.45) is 1.82. The van der Waals surface area contributed by atoms with Gasteiger partial charge >= 0.3 is 0 Å². The summed E-state index contributed by atoms with van der Waals surface area (Å²) in [5.41, 5.74) is 5.35. The lowest BCUT2D eigenvalue weighted by Gasteiger charge is -2.14. The Labute approximate surface area is 142 Å². The van der Waals surface area contributed by atoms with Crippen molar-refractivity contribution < 1.29 is 9.32 Å². The zero-order valence-electron chi connectivity index (χ0n) is 14.2. The van der Waals surface area contributed by atoms with Gasteiger partial charge in [0.05, 0.1) is 11.4 Å². The molecule has 4 nitrogen and oxygen atoms in total. The van der Waals surface area contributed by atoms with Crippen molar-refractivity contribution in [3.05, 3.63) is 46.3 Å². The van der Waals surface area contributed by atoms with Crippen molar-refractivity contribution >= 4 is 23.4 Å². The maximum atomic E-state index is 12.3. The highest BCUT2D eigenvalue weighted by Gasteiger charge is 2.12. The number of aromatic nitrogens is 1. The molecule has 0 unspecified atom stereocenters. The predicted molar refractivity (Wildman–Crippen MR) is 96.0 cm³/mol. The third-order valence-corrected chi connectivity index (χ3v) is 4.88. The van der Waals surface area contributed by atoms with Gasteiger partial charge in [-0.3, -0.25) is 4.79 Å². The molecule has 1 amide bonds. The fraction of sp³-hybridized carbons (Fsp3) is 0.444. The van der Waals surface area contributed by atoms with Crippen molar-refractivity contribution in [3.63, 3.8) is 0 Å². The van der Waals surface area contributed by atoms with Gasteiger partial charge in [-0.1, -0.05) is 37.2 Å². The van der Waals surface area contributed by atoms with Gasteiger partial charge in [-0.2, -0.15) is 0 Å². The van der Waals surface area contributed by atoms with Crippen molar-refractivity contribution in [2.75, 3.05) is 11.1 Å². The summed E-state index contributed by atoms with van der Waals surface area (Å²) < 4.78 is 5.15. The minimum Gasteiger partial charge on any atom is -0.361 e. The molecule has 0 bridgehead atoms. The SMILES string of the molecule is CCc1cccc(CC)c1NC(=O)CSCc1c(C)noc1C. The van der Waals surface area contributed by atoms with E-state index in [9.17, 15) is 4.79 Å². The molecule has 0 aliphatic carbocycles. The number of nitrogens with one attached hydrogen (secondary N) is 1. The summed E-state index contributed by atoms with van der Waals surface area (Å²) in [6.45, 7) is 8.05.